The standard InChI is InChI=1S/C7H4NOS.C5H5.Fe/c9-7(8-5-10)6-3-1-2-4-6;1-2-4-5-3-1;/h1-4H;1-5H;. The summed E-state index contributed by atoms with van der Waals surface area (Å²) >= 11 is 4.68. The van der Waals surface area contributed by atoms with Gasteiger partial charge in [0, 0.05) is 0 Å². The van der Waals surface area contributed by atoms with E-state index in [1.165, 1.54) is 33.7 Å². The maximum atomic E-state index is 12.5. The zero-order valence-electron chi connectivity index (χ0n) is 8.31. The third kappa shape index (κ3) is 0.0479. The van der Waals surface area contributed by atoms with Crippen LogP contribution in [0.5, 0.6) is 0 Å². The average Bonchev–Trinajstić information content (AvgIpc) is 3.23. The summed E-state index contributed by atoms with van der Waals surface area (Å²) < 4.78 is 0.269. The van der Waals surface area contributed by atoms with Gasteiger partial charge in [0.05, 0.1) is 0 Å². The van der Waals surface area contributed by atoms with Crippen LogP contribution in [0.15, 0.2) is 4.99 Å². The molecule has 0 aromatic carbocycles. The first kappa shape index (κ1) is 5.75. The topological polar surface area (TPSA) is 29.4 Å². The summed E-state index contributed by atoms with van der Waals surface area (Å²) in [5.74, 6) is 0.258. The minimum absolute atomic E-state index is 0.258. The van der Waals surface area contributed by atoms with E-state index in [0.717, 1.165) is 9.63 Å². The van der Waals surface area contributed by atoms with E-state index in [2.05, 4.69) is 22.4 Å². The van der Waals surface area contributed by atoms with E-state index in [1.54, 1.807) is 0 Å². The Bertz CT molecular complexity index is 971. The number of amides is 1. The molecule has 10 heterocycles. The van der Waals surface area contributed by atoms with Crippen molar-refractivity contribution in [3.63, 3.8) is 0 Å². The van der Waals surface area contributed by atoms with E-state index < -0.39 is 6.51 Å². The van der Waals surface area contributed by atoms with Gasteiger partial charge < -0.3 is 0 Å². The molecule has 16 heavy (non-hydrogen) atoms. The number of fused-ring (bicyclic) bond motifs is 10. The molecule has 0 bridgehead atoms. The molecule has 82 valence electrons. The Morgan fingerprint density at radius 1 is 1.06 bits per heavy atom. The first-order valence-electron chi connectivity index (χ1n) is 6.36. The van der Waals surface area contributed by atoms with Gasteiger partial charge >= 0.3 is 87.2 Å². The van der Waals surface area contributed by atoms with Gasteiger partial charge in [-0.3, -0.25) is 0 Å². The van der Waals surface area contributed by atoms with E-state index in [1.807, 2.05) is 0 Å². The van der Waals surface area contributed by atoms with Crippen molar-refractivity contribution in [3.8, 4) is 0 Å². The second-order valence-electron chi connectivity index (χ2n) is 10.2. The molecule has 0 N–H and O–H groups in total. The van der Waals surface area contributed by atoms with Crippen molar-refractivity contribution < 1.29 is 11.3 Å². The molecular weight excluding hydrogens is 262 g/mol. The molecule has 0 aromatic rings. The second kappa shape index (κ2) is 0.426. The Balaban J connectivity index is 1.72. The van der Waals surface area contributed by atoms with Gasteiger partial charge in [-0.1, -0.05) is 0 Å². The van der Waals surface area contributed by atoms with Crippen molar-refractivity contribution in [2.75, 3.05) is 0 Å². The SMILES string of the molecule is O=C(N=C=S)[C]12[CH]3[CH]4[CH]5[CH]1[Fe]45321678[CH]2[CH]1[CH]6[CH]7[CH]28. The second-order valence-corrected chi connectivity index (χ2v) is 33.9. The van der Waals surface area contributed by atoms with Crippen LogP contribution in [0.4, 0.5) is 0 Å². The molecule has 0 aliphatic carbocycles. The predicted molar refractivity (Wildman–Crippen MR) is 56.5 cm³/mol. The average molecular weight is 271 g/mol. The first-order valence-corrected chi connectivity index (χ1v) is 13.1. The molecule has 4 atom stereocenters. The summed E-state index contributed by atoms with van der Waals surface area (Å²) in [4.78, 5) is 27.0. The summed E-state index contributed by atoms with van der Waals surface area (Å²) in [5.41, 5.74) is 0. The van der Waals surface area contributed by atoms with Gasteiger partial charge in [0.15, 0.2) is 0 Å². The van der Waals surface area contributed by atoms with Gasteiger partial charge in [0.2, 0.25) is 0 Å². The summed E-state index contributed by atoms with van der Waals surface area (Å²) in [6, 6.07) is 0. The van der Waals surface area contributed by atoms with Crippen molar-refractivity contribution in [2.45, 2.75) is 47.7 Å². The van der Waals surface area contributed by atoms with Crippen LogP contribution in [0.1, 0.15) is 0 Å². The molecule has 10 rings (SSSR count). The molecular formula is C12H9FeNOS. The van der Waals surface area contributed by atoms with Crippen molar-refractivity contribution in [1.82, 2.24) is 0 Å². The number of hydrogen-bond donors (Lipinski definition) is 0. The number of nitrogens with zero attached hydrogens (tertiary/aromatic N) is 1. The molecule has 2 nitrogen and oxygen atoms in total. The van der Waals surface area contributed by atoms with Crippen LogP contribution >= 0.6 is 12.2 Å². The quantitative estimate of drug-likeness (QED) is 0.415. The van der Waals surface area contributed by atoms with Crippen molar-refractivity contribution in [1.29, 1.82) is 0 Å². The van der Waals surface area contributed by atoms with Crippen LogP contribution in [-0.4, -0.2) is 11.1 Å². The predicted octanol–water partition coefficient (Wildman–Crippen LogP) is 3.38. The zero-order valence-corrected chi connectivity index (χ0v) is 10.2. The Labute approximate surface area is 87.2 Å². The fraction of sp³-hybridized carbons (Fsp3) is 0.833. The molecule has 0 saturated carbocycles. The van der Waals surface area contributed by atoms with E-state index in [-0.39, 0.29) is 10.2 Å². The molecule has 10 fully saturated rings. The van der Waals surface area contributed by atoms with E-state index in [4.69, 9.17) is 0 Å². The van der Waals surface area contributed by atoms with E-state index >= 15 is 0 Å². The van der Waals surface area contributed by atoms with Gasteiger partial charge in [0.1, 0.15) is 0 Å². The Morgan fingerprint density at radius 3 is 1.81 bits per heavy atom. The third-order valence-corrected chi connectivity index (χ3v) is 57.5. The van der Waals surface area contributed by atoms with Crippen LogP contribution in [0, 0.1) is 0 Å². The fourth-order valence-corrected chi connectivity index (χ4v) is 90.6. The monoisotopic (exact) mass is 271 g/mol. The van der Waals surface area contributed by atoms with E-state index in [0.29, 0.717) is 0 Å². The van der Waals surface area contributed by atoms with Crippen LogP contribution < -0.4 is 0 Å². The number of aliphatic imine (C=N–C) groups is 1. The molecule has 0 aromatic heterocycles. The van der Waals surface area contributed by atoms with Gasteiger partial charge in [0.25, 0.3) is 0 Å². The summed E-state index contributed by atoms with van der Waals surface area (Å²) in [7, 11) is 0. The number of hydrogen-bond acceptors (Lipinski definition) is 2. The summed E-state index contributed by atoms with van der Waals surface area (Å²) in [6.07, 6.45) is 0. The number of thiocarbonyl (C=S) groups is 1. The summed E-state index contributed by atoms with van der Waals surface area (Å²) in [6.45, 7) is -3.18. The van der Waals surface area contributed by atoms with Crippen LogP contribution in [-0.2, 0) is 11.3 Å². The van der Waals surface area contributed by atoms with Gasteiger partial charge in [-0.15, -0.1) is 0 Å². The molecule has 1 spiro atoms. The Hall–Kier alpha value is -0.0105. The molecule has 0 radical (unpaired) electrons. The van der Waals surface area contributed by atoms with Gasteiger partial charge in [-0.25, -0.2) is 0 Å². The summed E-state index contributed by atoms with van der Waals surface area (Å²) in [5, 5.41) is 2.38. The normalized spacial score (nSPS) is 125. The number of carbonyl (C=O) groups excluding carboxylic acids is 1. The minimum atomic E-state index is -3.18. The molecule has 1 amide bonds. The third-order valence-electron chi connectivity index (χ3n) is 15.2. The van der Waals surface area contributed by atoms with E-state index in [9.17, 15) is 4.79 Å². The molecule has 10 saturated heterocycles. The van der Waals surface area contributed by atoms with Crippen LogP contribution in [0.2, 0.25) is 47.7 Å². The Kier molecular flexibility index (Phi) is 0.153. The van der Waals surface area contributed by atoms with Crippen LogP contribution in [0.3, 0.4) is 0 Å². The van der Waals surface area contributed by atoms with Gasteiger partial charge in [-0.2, -0.15) is 0 Å². The van der Waals surface area contributed by atoms with Gasteiger partial charge in [-0.05, 0) is 0 Å². The molecule has 4 heteroatoms. The number of rotatable bonds is 1. The first-order chi connectivity index (χ1) is 7.53. The maximum absolute atomic E-state index is 12.5. The van der Waals surface area contributed by atoms with Crippen molar-refractivity contribution in [2.24, 2.45) is 4.99 Å². The van der Waals surface area contributed by atoms with Crippen molar-refractivity contribution >= 4 is 23.3 Å². The zero-order chi connectivity index (χ0) is 10.0. The number of isothiocyanates is 1. The fourth-order valence-electron chi connectivity index (χ4n) is 16.9. The molecule has 10 aliphatic heterocycles. The number of carbonyl (C=O) groups is 1. The molecule has 10 aliphatic rings. The molecule has 4 unspecified atom stereocenters. The van der Waals surface area contributed by atoms with Crippen LogP contribution in [0.25, 0.3) is 0 Å². The Morgan fingerprint density at radius 2 is 1.56 bits per heavy atom. The van der Waals surface area contributed by atoms with Crippen molar-refractivity contribution in [3.05, 3.63) is 0 Å².